The van der Waals surface area contributed by atoms with Crippen LogP contribution in [0.5, 0.6) is 0 Å². The van der Waals surface area contributed by atoms with E-state index in [1.807, 2.05) is 24.3 Å². The third-order valence-corrected chi connectivity index (χ3v) is 4.72. The van der Waals surface area contributed by atoms with Gasteiger partial charge in [0.2, 0.25) is 0 Å². The van der Waals surface area contributed by atoms with Crippen LogP contribution < -0.4 is 5.32 Å². The Bertz CT molecular complexity index is 1160. The molecule has 34 heavy (non-hydrogen) atoms. The van der Waals surface area contributed by atoms with E-state index in [-0.39, 0.29) is 6.04 Å². The molecule has 0 saturated carbocycles. The number of alkyl halides is 3. The van der Waals surface area contributed by atoms with E-state index in [1.54, 1.807) is 12.1 Å². The molecule has 0 saturated heterocycles. The van der Waals surface area contributed by atoms with Crippen LogP contribution in [0.4, 0.5) is 13.2 Å². The number of carboxylic acids is 2. The topological polar surface area (TPSA) is 86.6 Å². The number of carbonyl (C=O) groups is 2. The number of benzene rings is 3. The fraction of sp³-hybridized carbons (Fsp3) is 0.154. The lowest BCUT2D eigenvalue weighted by molar-refractivity contribution is -0.137. The molecule has 0 bridgehead atoms. The predicted octanol–water partition coefficient (Wildman–Crippen LogP) is 5.93. The standard InChI is InChI=1S/C22H20F3N.C4H4O4/c1-16(20-13-5-10-18-9-2-3-12-21(18)20)26-14-6-8-17-7-4-11-19(15-17)22(23,24)25;5-3(6)1-2-4(7)8/h2-13,15-16,26H,14H2,1H3;1-2H,(H,5,6)(H,7,8)/t16-;/m1./s1. The van der Waals surface area contributed by atoms with Crippen LogP contribution in [-0.4, -0.2) is 28.7 Å². The Kier molecular flexibility index (Phi) is 9.58. The van der Waals surface area contributed by atoms with E-state index >= 15 is 0 Å². The van der Waals surface area contributed by atoms with Gasteiger partial charge < -0.3 is 15.5 Å². The number of halogens is 3. The van der Waals surface area contributed by atoms with Crippen LogP contribution in [0.2, 0.25) is 0 Å². The van der Waals surface area contributed by atoms with Gasteiger partial charge in [-0.2, -0.15) is 13.2 Å². The van der Waals surface area contributed by atoms with Crippen molar-refractivity contribution in [2.45, 2.75) is 19.1 Å². The van der Waals surface area contributed by atoms with Gasteiger partial charge in [0.1, 0.15) is 0 Å². The van der Waals surface area contributed by atoms with E-state index in [4.69, 9.17) is 10.2 Å². The van der Waals surface area contributed by atoms with Gasteiger partial charge in [0.05, 0.1) is 5.56 Å². The molecule has 0 amide bonds. The number of hydrogen-bond donors (Lipinski definition) is 3. The van der Waals surface area contributed by atoms with Gasteiger partial charge in [-0.05, 0) is 41.0 Å². The minimum Gasteiger partial charge on any atom is -0.478 e. The molecule has 0 aliphatic carbocycles. The largest absolute Gasteiger partial charge is 0.478 e. The summed E-state index contributed by atoms with van der Waals surface area (Å²) in [5.41, 5.74) is 1.12. The monoisotopic (exact) mass is 471 g/mol. The highest BCUT2D eigenvalue weighted by atomic mass is 19.4. The molecule has 0 heterocycles. The SMILES string of the molecule is C[C@@H](NCC=Cc1cccc(C(F)(F)F)c1)c1cccc2ccccc12.O=C(O)C=CC(=O)O. The van der Waals surface area contributed by atoms with Crippen LogP contribution in [0.1, 0.15) is 29.7 Å². The van der Waals surface area contributed by atoms with E-state index in [0.29, 0.717) is 24.3 Å². The average molecular weight is 471 g/mol. The third-order valence-electron chi connectivity index (χ3n) is 4.72. The molecule has 0 aromatic heterocycles. The lowest BCUT2D eigenvalue weighted by atomic mass is 10.00. The first kappa shape index (κ1) is 26.3. The van der Waals surface area contributed by atoms with E-state index in [0.717, 1.165) is 12.1 Å². The number of fused-ring (bicyclic) bond motifs is 1. The lowest BCUT2D eigenvalue weighted by Gasteiger charge is -2.15. The molecule has 0 aliphatic heterocycles. The Morgan fingerprint density at radius 2 is 1.56 bits per heavy atom. The maximum absolute atomic E-state index is 12.7. The molecule has 0 spiro atoms. The molecular weight excluding hydrogens is 447 g/mol. The molecule has 3 N–H and O–H groups in total. The molecular formula is C26H24F3NO4. The van der Waals surface area contributed by atoms with Gasteiger partial charge in [0.15, 0.2) is 0 Å². The zero-order valence-electron chi connectivity index (χ0n) is 18.3. The zero-order chi connectivity index (χ0) is 25.1. The van der Waals surface area contributed by atoms with Crippen molar-refractivity contribution in [3.63, 3.8) is 0 Å². The minimum absolute atomic E-state index is 0.132. The fourth-order valence-electron chi connectivity index (χ4n) is 3.14. The van der Waals surface area contributed by atoms with Gasteiger partial charge in [0.25, 0.3) is 0 Å². The smallest absolute Gasteiger partial charge is 0.416 e. The first-order chi connectivity index (χ1) is 16.1. The van der Waals surface area contributed by atoms with Crippen molar-refractivity contribution in [1.29, 1.82) is 0 Å². The second kappa shape index (κ2) is 12.4. The van der Waals surface area contributed by atoms with Gasteiger partial charge >= 0.3 is 18.1 Å². The Morgan fingerprint density at radius 1 is 0.941 bits per heavy atom. The summed E-state index contributed by atoms with van der Waals surface area (Å²) in [7, 11) is 0. The molecule has 0 radical (unpaired) electrons. The van der Waals surface area contributed by atoms with Crippen LogP contribution >= 0.6 is 0 Å². The zero-order valence-corrected chi connectivity index (χ0v) is 18.3. The number of nitrogens with one attached hydrogen (secondary N) is 1. The summed E-state index contributed by atoms with van der Waals surface area (Å²) < 4.78 is 38.2. The Morgan fingerprint density at radius 3 is 2.21 bits per heavy atom. The van der Waals surface area contributed by atoms with Gasteiger partial charge in [-0.25, -0.2) is 9.59 Å². The Balaban J connectivity index is 0.000000440. The maximum atomic E-state index is 12.7. The van der Waals surface area contributed by atoms with Crippen molar-refractivity contribution in [3.8, 4) is 0 Å². The summed E-state index contributed by atoms with van der Waals surface area (Å²) in [6.07, 6.45) is 0.352. The normalized spacial score (nSPS) is 12.5. The first-order valence-corrected chi connectivity index (χ1v) is 10.3. The summed E-state index contributed by atoms with van der Waals surface area (Å²) in [6.45, 7) is 2.65. The second-order valence-electron chi connectivity index (χ2n) is 7.23. The van der Waals surface area contributed by atoms with Crippen molar-refractivity contribution >= 4 is 28.8 Å². The highest BCUT2D eigenvalue weighted by Gasteiger charge is 2.30. The van der Waals surface area contributed by atoms with E-state index in [9.17, 15) is 22.8 Å². The Labute approximate surface area is 194 Å². The minimum atomic E-state index is -4.31. The summed E-state index contributed by atoms with van der Waals surface area (Å²) >= 11 is 0. The predicted molar refractivity (Wildman–Crippen MR) is 125 cm³/mol. The van der Waals surface area contributed by atoms with E-state index in [2.05, 4.69) is 36.5 Å². The van der Waals surface area contributed by atoms with Crippen LogP contribution in [0, 0.1) is 0 Å². The summed E-state index contributed by atoms with van der Waals surface area (Å²) in [4.78, 5) is 19.1. The van der Waals surface area contributed by atoms with Gasteiger partial charge in [-0.3, -0.25) is 0 Å². The van der Waals surface area contributed by atoms with E-state index in [1.165, 1.54) is 22.4 Å². The molecule has 178 valence electrons. The van der Waals surface area contributed by atoms with Gasteiger partial charge in [-0.15, -0.1) is 0 Å². The molecule has 3 aromatic rings. The molecule has 0 fully saturated rings. The maximum Gasteiger partial charge on any atom is 0.416 e. The highest BCUT2D eigenvalue weighted by Crippen LogP contribution is 2.29. The number of rotatable bonds is 7. The second-order valence-corrected chi connectivity index (χ2v) is 7.23. The van der Waals surface area contributed by atoms with Crippen molar-refractivity contribution in [2.24, 2.45) is 0 Å². The Hall–Kier alpha value is -3.91. The van der Waals surface area contributed by atoms with Crippen molar-refractivity contribution < 1.29 is 33.0 Å². The molecule has 5 nitrogen and oxygen atoms in total. The molecule has 8 heteroatoms. The summed E-state index contributed by atoms with van der Waals surface area (Å²) in [5.74, 6) is -2.51. The highest BCUT2D eigenvalue weighted by molar-refractivity contribution is 5.89. The molecule has 0 aliphatic rings. The van der Waals surface area contributed by atoms with Crippen molar-refractivity contribution in [2.75, 3.05) is 6.54 Å². The molecule has 1 atom stereocenters. The van der Waals surface area contributed by atoms with Crippen LogP contribution in [0.25, 0.3) is 16.8 Å². The van der Waals surface area contributed by atoms with Gasteiger partial charge in [-0.1, -0.05) is 66.7 Å². The van der Waals surface area contributed by atoms with Crippen LogP contribution in [0.3, 0.4) is 0 Å². The summed E-state index contributed by atoms with van der Waals surface area (Å²) in [6, 6.07) is 19.9. The van der Waals surface area contributed by atoms with Crippen LogP contribution in [0.15, 0.2) is 85.0 Å². The van der Waals surface area contributed by atoms with Crippen molar-refractivity contribution in [1.82, 2.24) is 5.32 Å². The number of carboxylic acid groups (broad SMARTS) is 2. The fourth-order valence-corrected chi connectivity index (χ4v) is 3.14. The summed E-state index contributed by atoms with van der Waals surface area (Å²) in [5, 5.41) is 21.4. The molecule has 3 rings (SSSR count). The first-order valence-electron chi connectivity index (χ1n) is 10.3. The third kappa shape index (κ3) is 8.55. The lowest BCUT2D eigenvalue weighted by Crippen LogP contribution is -2.18. The molecule has 3 aromatic carbocycles. The molecule has 0 unspecified atom stereocenters. The van der Waals surface area contributed by atoms with E-state index < -0.39 is 23.7 Å². The number of hydrogen-bond acceptors (Lipinski definition) is 3. The quantitative estimate of drug-likeness (QED) is 0.372. The average Bonchev–Trinajstić information content (AvgIpc) is 2.80. The van der Waals surface area contributed by atoms with Crippen molar-refractivity contribution in [3.05, 3.63) is 102 Å². The number of aliphatic carboxylic acids is 2. The van der Waals surface area contributed by atoms with Gasteiger partial charge in [0, 0.05) is 24.7 Å². The van der Waals surface area contributed by atoms with Crippen LogP contribution in [-0.2, 0) is 15.8 Å².